The quantitative estimate of drug-likeness (QED) is 0.706. The van der Waals surface area contributed by atoms with Gasteiger partial charge in [-0.2, -0.15) is 4.39 Å². The molecule has 5 nitrogen and oxygen atoms in total. The van der Waals surface area contributed by atoms with Gasteiger partial charge in [0.1, 0.15) is 6.73 Å². The summed E-state index contributed by atoms with van der Waals surface area (Å²) < 4.78 is 18.4. The molecule has 1 rings (SSSR count). The van der Waals surface area contributed by atoms with Gasteiger partial charge in [-0.05, 0) is 6.92 Å². The first kappa shape index (κ1) is 9.66. The van der Waals surface area contributed by atoms with Crippen LogP contribution in [0.25, 0.3) is 0 Å². The average molecular weight is 188 g/mol. The summed E-state index contributed by atoms with van der Waals surface area (Å²) in [6, 6.07) is 0. The summed E-state index contributed by atoms with van der Waals surface area (Å²) >= 11 is 0. The Labute approximate surface area is 72.8 Å². The summed E-state index contributed by atoms with van der Waals surface area (Å²) in [6.07, 6.45) is 0.816. The van der Waals surface area contributed by atoms with Crippen LogP contribution in [0.15, 0.2) is 15.8 Å². The Morgan fingerprint density at radius 2 is 2.31 bits per heavy atom. The van der Waals surface area contributed by atoms with Gasteiger partial charge in [0, 0.05) is 6.61 Å². The Hall–Kier alpha value is -1.43. The van der Waals surface area contributed by atoms with E-state index in [0.717, 1.165) is 10.8 Å². The average Bonchev–Trinajstić information content (AvgIpc) is 2.09. The van der Waals surface area contributed by atoms with Crippen molar-refractivity contribution in [1.82, 2.24) is 9.55 Å². The fourth-order valence-corrected chi connectivity index (χ4v) is 0.768. The molecule has 6 heteroatoms. The molecule has 13 heavy (non-hydrogen) atoms. The molecule has 0 aliphatic heterocycles. The highest BCUT2D eigenvalue weighted by molar-refractivity contribution is 4.86. The lowest BCUT2D eigenvalue weighted by molar-refractivity contribution is 0.0834. The Morgan fingerprint density at radius 3 is 2.92 bits per heavy atom. The van der Waals surface area contributed by atoms with E-state index in [0.29, 0.717) is 6.61 Å². The first-order valence-corrected chi connectivity index (χ1v) is 3.72. The van der Waals surface area contributed by atoms with Gasteiger partial charge in [0.25, 0.3) is 5.56 Å². The minimum atomic E-state index is -1.02. The third kappa shape index (κ3) is 2.25. The van der Waals surface area contributed by atoms with E-state index in [-0.39, 0.29) is 6.73 Å². The summed E-state index contributed by atoms with van der Waals surface area (Å²) in [7, 11) is 0. The first-order valence-electron chi connectivity index (χ1n) is 3.72. The molecule has 0 spiro atoms. The van der Waals surface area contributed by atoms with Crippen LogP contribution < -0.4 is 11.2 Å². The predicted molar refractivity (Wildman–Crippen MR) is 42.9 cm³/mol. The fourth-order valence-electron chi connectivity index (χ4n) is 0.768. The largest absolute Gasteiger partial charge is 0.361 e. The number of H-pyrrole nitrogens is 1. The van der Waals surface area contributed by atoms with Crippen molar-refractivity contribution in [3.8, 4) is 0 Å². The molecule has 72 valence electrons. The maximum atomic E-state index is 12.6. The second-order valence-electron chi connectivity index (χ2n) is 2.33. The zero-order valence-electron chi connectivity index (χ0n) is 7.04. The van der Waals surface area contributed by atoms with Crippen molar-refractivity contribution in [3.05, 3.63) is 32.9 Å². The molecule has 1 aromatic heterocycles. The maximum absolute atomic E-state index is 12.6. The Bertz CT molecular complexity index is 395. The summed E-state index contributed by atoms with van der Waals surface area (Å²) in [6.45, 7) is 2.09. The fraction of sp³-hybridized carbons (Fsp3) is 0.429. The number of hydrogen-bond acceptors (Lipinski definition) is 3. The molecule has 0 fully saturated rings. The molecule has 0 bridgehead atoms. The molecule has 1 aromatic rings. The van der Waals surface area contributed by atoms with Gasteiger partial charge in [-0.1, -0.05) is 0 Å². The molecule has 0 radical (unpaired) electrons. The third-order valence-corrected chi connectivity index (χ3v) is 1.40. The number of aromatic nitrogens is 2. The van der Waals surface area contributed by atoms with E-state index in [2.05, 4.69) is 0 Å². The Morgan fingerprint density at radius 1 is 1.62 bits per heavy atom. The van der Waals surface area contributed by atoms with E-state index in [1.54, 1.807) is 6.92 Å². The lowest BCUT2D eigenvalue weighted by Gasteiger charge is -2.03. The van der Waals surface area contributed by atoms with E-state index in [1.165, 1.54) is 0 Å². The SMILES string of the molecule is CCOCn1cc(F)c(=O)[nH]c1=O. The van der Waals surface area contributed by atoms with Crippen LogP contribution in [0.5, 0.6) is 0 Å². The van der Waals surface area contributed by atoms with Gasteiger partial charge in [-0.25, -0.2) is 4.79 Å². The third-order valence-electron chi connectivity index (χ3n) is 1.40. The van der Waals surface area contributed by atoms with Crippen molar-refractivity contribution < 1.29 is 9.13 Å². The van der Waals surface area contributed by atoms with Crippen molar-refractivity contribution in [2.24, 2.45) is 0 Å². The summed E-state index contributed by atoms with van der Waals surface area (Å²) in [4.78, 5) is 23.4. The molecular formula is C7H9FN2O3. The van der Waals surface area contributed by atoms with Crippen LogP contribution >= 0.6 is 0 Å². The van der Waals surface area contributed by atoms with Crippen LogP contribution in [0.3, 0.4) is 0 Å². The molecular weight excluding hydrogens is 179 g/mol. The highest BCUT2D eigenvalue weighted by atomic mass is 19.1. The van der Waals surface area contributed by atoms with Gasteiger partial charge in [0.2, 0.25) is 5.82 Å². The molecule has 0 aliphatic rings. The van der Waals surface area contributed by atoms with Crippen LogP contribution in [0.4, 0.5) is 4.39 Å². The predicted octanol–water partition coefficient (Wildman–Crippen LogP) is -0.330. The molecule has 0 unspecified atom stereocenters. The monoisotopic (exact) mass is 188 g/mol. The molecule has 0 aromatic carbocycles. The smallest absolute Gasteiger partial charge is 0.330 e. The molecule has 0 aliphatic carbocycles. The zero-order valence-corrected chi connectivity index (χ0v) is 7.04. The van der Waals surface area contributed by atoms with Gasteiger partial charge in [-0.15, -0.1) is 0 Å². The van der Waals surface area contributed by atoms with E-state index >= 15 is 0 Å². The van der Waals surface area contributed by atoms with Crippen molar-refractivity contribution in [3.63, 3.8) is 0 Å². The summed E-state index contributed by atoms with van der Waals surface area (Å²) in [5.74, 6) is -1.00. The number of nitrogens with zero attached hydrogens (tertiary/aromatic N) is 1. The molecule has 0 saturated carbocycles. The molecule has 1 heterocycles. The number of aromatic amines is 1. The van der Waals surface area contributed by atoms with Gasteiger partial charge in [0.15, 0.2) is 0 Å². The Balaban J connectivity index is 3.02. The van der Waals surface area contributed by atoms with Crippen molar-refractivity contribution in [2.75, 3.05) is 6.61 Å². The lowest BCUT2D eigenvalue weighted by atomic mass is 10.6. The maximum Gasteiger partial charge on any atom is 0.330 e. The van der Waals surface area contributed by atoms with Crippen LogP contribution in [0.2, 0.25) is 0 Å². The highest BCUT2D eigenvalue weighted by Gasteiger charge is 2.02. The van der Waals surface area contributed by atoms with Crippen molar-refractivity contribution >= 4 is 0 Å². The van der Waals surface area contributed by atoms with Crippen LogP contribution in [-0.4, -0.2) is 16.2 Å². The molecule has 0 saturated heterocycles. The minimum absolute atomic E-state index is 0.0664. The van der Waals surface area contributed by atoms with Crippen molar-refractivity contribution in [1.29, 1.82) is 0 Å². The highest BCUT2D eigenvalue weighted by Crippen LogP contribution is 1.85. The van der Waals surface area contributed by atoms with E-state index in [1.807, 2.05) is 4.98 Å². The molecule has 0 amide bonds. The van der Waals surface area contributed by atoms with Gasteiger partial charge in [0.05, 0.1) is 6.20 Å². The molecule has 1 N–H and O–H groups in total. The second-order valence-corrected chi connectivity index (χ2v) is 2.33. The number of rotatable bonds is 3. The Kier molecular flexibility index (Phi) is 2.97. The first-order chi connectivity index (χ1) is 6.15. The second kappa shape index (κ2) is 3.99. The summed E-state index contributed by atoms with van der Waals surface area (Å²) in [5.41, 5.74) is -1.70. The van der Waals surface area contributed by atoms with E-state index in [4.69, 9.17) is 4.74 Å². The minimum Gasteiger partial charge on any atom is -0.361 e. The number of halogens is 1. The van der Waals surface area contributed by atoms with Gasteiger partial charge < -0.3 is 4.74 Å². The summed E-state index contributed by atoms with van der Waals surface area (Å²) in [5, 5.41) is 0. The van der Waals surface area contributed by atoms with Gasteiger partial charge >= 0.3 is 5.69 Å². The lowest BCUT2D eigenvalue weighted by Crippen LogP contribution is -2.31. The zero-order chi connectivity index (χ0) is 9.84. The normalized spacial score (nSPS) is 10.3. The van der Waals surface area contributed by atoms with Crippen LogP contribution in [0.1, 0.15) is 6.92 Å². The number of ether oxygens (including phenoxy) is 1. The van der Waals surface area contributed by atoms with Crippen LogP contribution in [-0.2, 0) is 11.5 Å². The topological polar surface area (TPSA) is 64.1 Å². The van der Waals surface area contributed by atoms with Crippen molar-refractivity contribution in [2.45, 2.75) is 13.7 Å². The molecule has 0 atom stereocenters. The van der Waals surface area contributed by atoms with E-state index < -0.39 is 17.1 Å². The number of nitrogens with one attached hydrogen (secondary N) is 1. The van der Waals surface area contributed by atoms with Crippen LogP contribution in [0, 0.1) is 5.82 Å². The standard InChI is InChI=1S/C7H9FN2O3/c1-2-13-4-10-3-5(8)6(11)9-7(10)12/h3H,2,4H2,1H3,(H,9,11,12). The number of hydrogen-bond donors (Lipinski definition) is 1. The van der Waals surface area contributed by atoms with Gasteiger partial charge in [-0.3, -0.25) is 14.3 Å². The van der Waals surface area contributed by atoms with E-state index in [9.17, 15) is 14.0 Å².